The minimum Gasteiger partial charge on any atom is -0.370 e. The Hall–Kier alpha value is -0.490. The van der Waals surface area contributed by atoms with Crippen LogP contribution in [-0.2, 0) is 0 Å². The van der Waals surface area contributed by atoms with Crippen LogP contribution in [0, 0.1) is 0 Å². The first kappa shape index (κ1) is 17.6. The molecular formula is C15H23ClIN3. The lowest BCUT2D eigenvalue weighted by Crippen LogP contribution is -2.46. The molecular weight excluding hydrogens is 385 g/mol. The highest BCUT2D eigenvalue weighted by molar-refractivity contribution is 14.0. The number of aliphatic imine (C=N–C) groups is 1. The van der Waals surface area contributed by atoms with Crippen molar-refractivity contribution in [3.63, 3.8) is 0 Å². The van der Waals surface area contributed by atoms with Crippen LogP contribution < -0.4 is 11.1 Å². The fraction of sp³-hybridized carbons (Fsp3) is 0.533. The molecule has 0 bridgehead atoms. The lowest BCUT2D eigenvalue weighted by Gasteiger charge is -2.34. The van der Waals surface area contributed by atoms with Gasteiger partial charge in [-0.05, 0) is 57.2 Å². The van der Waals surface area contributed by atoms with Gasteiger partial charge in [0.15, 0.2) is 5.96 Å². The van der Waals surface area contributed by atoms with E-state index >= 15 is 0 Å². The van der Waals surface area contributed by atoms with Crippen molar-refractivity contribution in [2.45, 2.75) is 51.1 Å². The lowest BCUT2D eigenvalue weighted by molar-refractivity contribution is 0.351. The van der Waals surface area contributed by atoms with E-state index in [9.17, 15) is 0 Å². The zero-order valence-electron chi connectivity index (χ0n) is 12.2. The first-order valence-corrected chi connectivity index (χ1v) is 7.08. The number of guanidine groups is 1. The number of nitrogens with zero attached hydrogens (tertiary/aromatic N) is 1. The SMILES string of the molecule is CC(C)(C)NC(N)=NC1CC(c2cccc(Cl)c2)C1.I. The van der Waals surface area contributed by atoms with Gasteiger partial charge in [-0.2, -0.15) is 0 Å². The molecule has 1 aromatic carbocycles. The van der Waals surface area contributed by atoms with Crippen LogP contribution in [0.2, 0.25) is 5.02 Å². The quantitative estimate of drug-likeness (QED) is 0.444. The van der Waals surface area contributed by atoms with Crippen LogP contribution >= 0.6 is 35.6 Å². The molecule has 1 fully saturated rings. The van der Waals surface area contributed by atoms with E-state index in [-0.39, 0.29) is 29.5 Å². The molecule has 5 heteroatoms. The second-order valence-electron chi connectivity index (χ2n) is 6.27. The molecule has 0 aromatic heterocycles. The molecule has 0 heterocycles. The predicted molar refractivity (Wildman–Crippen MR) is 97.1 cm³/mol. The maximum absolute atomic E-state index is 6.01. The molecule has 0 unspecified atom stereocenters. The summed E-state index contributed by atoms with van der Waals surface area (Å²) in [7, 11) is 0. The summed E-state index contributed by atoms with van der Waals surface area (Å²) in [5, 5.41) is 3.99. The Morgan fingerprint density at radius 1 is 1.35 bits per heavy atom. The Morgan fingerprint density at radius 2 is 2.00 bits per heavy atom. The van der Waals surface area contributed by atoms with Crippen molar-refractivity contribution < 1.29 is 0 Å². The number of nitrogens with one attached hydrogen (secondary N) is 1. The van der Waals surface area contributed by atoms with E-state index in [2.05, 4.69) is 37.1 Å². The Morgan fingerprint density at radius 3 is 2.55 bits per heavy atom. The van der Waals surface area contributed by atoms with Gasteiger partial charge in [0.25, 0.3) is 0 Å². The predicted octanol–water partition coefficient (Wildman–Crippen LogP) is 3.91. The molecule has 0 radical (unpaired) electrons. The van der Waals surface area contributed by atoms with Crippen LogP contribution in [0.3, 0.4) is 0 Å². The van der Waals surface area contributed by atoms with Gasteiger partial charge in [0.05, 0.1) is 6.04 Å². The molecule has 1 aromatic rings. The average molecular weight is 408 g/mol. The first-order chi connectivity index (χ1) is 8.83. The number of nitrogens with two attached hydrogens (primary N) is 1. The Labute approximate surface area is 143 Å². The zero-order valence-corrected chi connectivity index (χ0v) is 15.3. The Bertz CT molecular complexity index is 476. The fourth-order valence-corrected chi connectivity index (χ4v) is 2.54. The van der Waals surface area contributed by atoms with Gasteiger partial charge < -0.3 is 11.1 Å². The largest absolute Gasteiger partial charge is 0.370 e. The van der Waals surface area contributed by atoms with Crippen LogP contribution in [0.4, 0.5) is 0 Å². The van der Waals surface area contributed by atoms with E-state index in [1.165, 1.54) is 5.56 Å². The molecule has 2 rings (SSSR count). The van der Waals surface area contributed by atoms with E-state index in [4.69, 9.17) is 17.3 Å². The highest BCUT2D eigenvalue weighted by Crippen LogP contribution is 2.39. The smallest absolute Gasteiger partial charge is 0.189 e. The van der Waals surface area contributed by atoms with Gasteiger partial charge in [-0.1, -0.05) is 23.7 Å². The van der Waals surface area contributed by atoms with Crippen molar-refractivity contribution >= 4 is 41.5 Å². The summed E-state index contributed by atoms with van der Waals surface area (Å²) >= 11 is 6.01. The summed E-state index contributed by atoms with van der Waals surface area (Å²) in [6.45, 7) is 6.22. The third kappa shape index (κ3) is 5.13. The zero-order chi connectivity index (χ0) is 14.0. The van der Waals surface area contributed by atoms with Gasteiger partial charge in [-0.15, -0.1) is 24.0 Å². The summed E-state index contributed by atoms with van der Waals surface area (Å²) < 4.78 is 0. The lowest BCUT2D eigenvalue weighted by atomic mass is 9.76. The van der Waals surface area contributed by atoms with Crippen molar-refractivity contribution in [3.05, 3.63) is 34.9 Å². The highest BCUT2D eigenvalue weighted by Gasteiger charge is 2.30. The standard InChI is InChI=1S/C15H22ClN3.HI/c1-15(2,3)19-14(17)18-13-8-11(9-13)10-5-4-6-12(16)7-10;/h4-7,11,13H,8-9H2,1-3H3,(H3,17,18,19);1H. The number of halogens is 2. The molecule has 3 nitrogen and oxygen atoms in total. The molecule has 0 spiro atoms. The third-order valence-electron chi connectivity index (χ3n) is 3.26. The topological polar surface area (TPSA) is 50.4 Å². The number of benzene rings is 1. The van der Waals surface area contributed by atoms with E-state index in [1.807, 2.05) is 18.2 Å². The fourth-order valence-electron chi connectivity index (χ4n) is 2.34. The Kier molecular flexibility index (Phi) is 6.13. The molecule has 20 heavy (non-hydrogen) atoms. The van der Waals surface area contributed by atoms with Gasteiger partial charge in [0.2, 0.25) is 0 Å². The van der Waals surface area contributed by atoms with E-state index in [0.717, 1.165) is 17.9 Å². The van der Waals surface area contributed by atoms with Crippen LogP contribution in [-0.4, -0.2) is 17.5 Å². The van der Waals surface area contributed by atoms with Crippen molar-refractivity contribution in [2.24, 2.45) is 10.7 Å². The van der Waals surface area contributed by atoms with Crippen LogP contribution in [0.15, 0.2) is 29.3 Å². The van der Waals surface area contributed by atoms with Crippen LogP contribution in [0.25, 0.3) is 0 Å². The minimum atomic E-state index is -0.0380. The molecule has 0 atom stereocenters. The van der Waals surface area contributed by atoms with Crippen molar-refractivity contribution in [1.29, 1.82) is 0 Å². The van der Waals surface area contributed by atoms with Gasteiger partial charge >= 0.3 is 0 Å². The van der Waals surface area contributed by atoms with Gasteiger partial charge in [-0.3, -0.25) is 4.99 Å². The Balaban J connectivity index is 0.00000200. The molecule has 0 aliphatic heterocycles. The summed E-state index contributed by atoms with van der Waals surface area (Å²) in [5.74, 6) is 1.11. The molecule has 1 aliphatic rings. The molecule has 112 valence electrons. The summed E-state index contributed by atoms with van der Waals surface area (Å²) in [6, 6.07) is 8.42. The number of hydrogen-bond donors (Lipinski definition) is 2. The average Bonchev–Trinajstić information content (AvgIpc) is 2.20. The summed E-state index contributed by atoms with van der Waals surface area (Å²) in [6.07, 6.45) is 2.10. The second kappa shape index (κ2) is 6.98. The molecule has 3 N–H and O–H groups in total. The van der Waals surface area contributed by atoms with Crippen molar-refractivity contribution in [3.8, 4) is 0 Å². The molecule has 1 saturated carbocycles. The van der Waals surface area contributed by atoms with Gasteiger partial charge in [-0.25, -0.2) is 0 Å². The van der Waals surface area contributed by atoms with E-state index < -0.39 is 0 Å². The monoisotopic (exact) mass is 407 g/mol. The number of rotatable bonds is 2. The van der Waals surface area contributed by atoms with Crippen LogP contribution in [0.5, 0.6) is 0 Å². The van der Waals surface area contributed by atoms with Crippen molar-refractivity contribution in [2.75, 3.05) is 0 Å². The maximum Gasteiger partial charge on any atom is 0.189 e. The normalized spacial score (nSPS) is 22.7. The number of hydrogen-bond acceptors (Lipinski definition) is 1. The van der Waals surface area contributed by atoms with Gasteiger partial charge in [0, 0.05) is 10.6 Å². The molecule has 0 saturated heterocycles. The van der Waals surface area contributed by atoms with E-state index in [0.29, 0.717) is 17.9 Å². The molecule has 1 aliphatic carbocycles. The highest BCUT2D eigenvalue weighted by atomic mass is 127. The summed E-state index contributed by atoms with van der Waals surface area (Å²) in [5.41, 5.74) is 7.16. The summed E-state index contributed by atoms with van der Waals surface area (Å²) in [4.78, 5) is 4.52. The minimum absolute atomic E-state index is 0. The second-order valence-corrected chi connectivity index (χ2v) is 6.70. The first-order valence-electron chi connectivity index (χ1n) is 6.70. The third-order valence-corrected chi connectivity index (χ3v) is 3.49. The van der Waals surface area contributed by atoms with Crippen molar-refractivity contribution in [1.82, 2.24) is 5.32 Å². The van der Waals surface area contributed by atoms with Crippen LogP contribution in [0.1, 0.15) is 45.1 Å². The maximum atomic E-state index is 6.01. The van der Waals surface area contributed by atoms with E-state index in [1.54, 1.807) is 0 Å². The van der Waals surface area contributed by atoms with Gasteiger partial charge in [0.1, 0.15) is 0 Å². The molecule has 0 amide bonds.